The third-order valence-corrected chi connectivity index (χ3v) is 4.55. The van der Waals surface area contributed by atoms with E-state index < -0.39 is 0 Å². The monoisotopic (exact) mass is 306 g/mol. The Labute approximate surface area is 137 Å². The van der Waals surface area contributed by atoms with Gasteiger partial charge in [-0.25, -0.2) is 0 Å². The van der Waals surface area contributed by atoms with Gasteiger partial charge in [-0.15, -0.1) is 0 Å². The number of rotatable bonds is 4. The summed E-state index contributed by atoms with van der Waals surface area (Å²) in [4.78, 5) is 12.0. The molecular weight excluding hydrogens is 284 g/mol. The highest BCUT2D eigenvalue weighted by molar-refractivity contribution is 6.07. The Morgan fingerprint density at radius 1 is 0.957 bits per heavy atom. The van der Waals surface area contributed by atoms with Gasteiger partial charge in [-0.2, -0.15) is 0 Å². The lowest BCUT2D eigenvalue weighted by atomic mass is 9.99. The maximum Gasteiger partial charge on any atom is 0.309 e. The van der Waals surface area contributed by atoms with Crippen molar-refractivity contribution in [2.45, 2.75) is 33.3 Å². The van der Waals surface area contributed by atoms with E-state index in [-0.39, 0.29) is 18.0 Å². The normalized spacial score (nSPS) is 13.9. The fourth-order valence-electron chi connectivity index (χ4n) is 2.81. The molecule has 0 N–H and O–H groups in total. The highest BCUT2D eigenvalue weighted by Crippen LogP contribution is 2.29. The molecule has 3 rings (SSSR count). The fraction of sp³-hybridized carbons (Fsp3) is 0.286. The summed E-state index contributed by atoms with van der Waals surface area (Å²) in [5.41, 5.74) is 1.03. The van der Waals surface area contributed by atoms with E-state index >= 15 is 0 Å². The summed E-state index contributed by atoms with van der Waals surface area (Å²) < 4.78 is 5.59. The molecule has 2 unspecified atom stereocenters. The molecule has 0 spiro atoms. The molecule has 0 radical (unpaired) electrons. The molecule has 0 saturated carbocycles. The van der Waals surface area contributed by atoms with Gasteiger partial charge in [0.2, 0.25) is 0 Å². The van der Waals surface area contributed by atoms with Gasteiger partial charge in [0.25, 0.3) is 0 Å². The molecule has 118 valence electrons. The molecule has 0 aromatic heterocycles. The first-order valence-electron chi connectivity index (χ1n) is 8.22. The summed E-state index contributed by atoms with van der Waals surface area (Å²) in [7, 11) is 0. The van der Waals surface area contributed by atoms with Gasteiger partial charge >= 0.3 is 5.97 Å². The van der Waals surface area contributed by atoms with Crippen LogP contribution in [0.2, 0.25) is 0 Å². The maximum absolute atomic E-state index is 12.0. The van der Waals surface area contributed by atoms with E-state index in [1.165, 1.54) is 21.5 Å². The Balaban J connectivity index is 1.94. The van der Waals surface area contributed by atoms with Crippen molar-refractivity contribution in [3.05, 3.63) is 60.2 Å². The van der Waals surface area contributed by atoms with Gasteiger partial charge in [0.05, 0.1) is 5.92 Å². The van der Waals surface area contributed by atoms with Crippen LogP contribution in [-0.2, 0) is 9.53 Å². The average Bonchev–Trinajstić information content (AvgIpc) is 2.60. The van der Waals surface area contributed by atoms with E-state index in [1.54, 1.807) is 0 Å². The maximum atomic E-state index is 12.0. The summed E-state index contributed by atoms with van der Waals surface area (Å²) in [6.45, 7) is 5.84. The van der Waals surface area contributed by atoms with Crippen molar-refractivity contribution in [3.63, 3.8) is 0 Å². The topological polar surface area (TPSA) is 26.3 Å². The van der Waals surface area contributed by atoms with Crippen molar-refractivity contribution >= 4 is 27.5 Å². The van der Waals surface area contributed by atoms with Crippen LogP contribution >= 0.6 is 0 Å². The molecule has 2 nitrogen and oxygen atoms in total. The smallest absolute Gasteiger partial charge is 0.309 e. The molecule has 0 aliphatic heterocycles. The lowest BCUT2D eigenvalue weighted by molar-refractivity contribution is -0.153. The van der Waals surface area contributed by atoms with Gasteiger partial charge in [-0.1, -0.05) is 62.4 Å². The Kier molecular flexibility index (Phi) is 4.33. The predicted molar refractivity (Wildman–Crippen MR) is 95.4 cm³/mol. The third kappa shape index (κ3) is 3.07. The molecule has 2 atom stereocenters. The van der Waals surface area contributed by atoms with Gasteiger partial charge in [0.15, 0.2) is 0 Å². The third-order valence-electron chi connectivity index (χ3n) is 4.55. The van der Waals surface area contributed by atoms with E-state index in [4.69, 9.17) is 4.74 Å². The molecule has 3 aromatic rings. The van der Waals surface area contributed by atoms with E-state index in [0.29, 0.717) is 0 Å². The number of hydrogen-bond acceptors (Lipinski definition) is 2. The van der Waals surface area contributed by atoms with E-state index in [9.17, 15) is 4.79 Å². The predicted octanol–water partition coefficient (Wildman–Crippen LogP) is 5.64. The van der Waals surface area contributed by atoms with Gasteiger partial charge < -0.3 is 4.74 Å². The van der Waals surface area contributed by atoms with Crippen molar-refractivity contribution in [2.24, 2.45) is 5.92 Å². The minimum absolute atomic E-state index is 0.0538. The molecule has 0 aliphatic carbocycles. The van der Waals surface area contributed by atoms with Crippen LogP contribution in [0.3, 0.4) is 0 Å². The lowest BCUT2D eigenvalue weighted by Gasteiger charge is -2.17. The Morgan fingerprint density at radius 2 is 1.65 bits per heavy atom. The first kappa shape index (κ1) is 15.5. The number of carbonyl (C=O) groups is 1. The molecule has 3 aromatic carbocycles. The van der Waals surface area contributed by atoms with Crippen molar-refractivity contribution in [1.29, 1.82) is 0 Å². The second-order valence-corrected chi connectivity index (χ2v) is 6.16. The zero-order valence-electron chi connectivity index (χ0n) is 13.9. The van der Waals surface area contributed by atoms with Gasteiger partial charge in [-0.05, 0) is 46.5 Å². The molecule has 2 heteroatoms. The SMILES string of the molecule is CCC(C)C(=O)OC(C)c1ccc2c(ccc3ccccc32)c1. The van der Waals surface area contributed by atoms with Crippen LogP contribution in [0.4, 0.5) is 0 Å². The highest BCUT2D eigenvalue weighted by atomic mass is 16.5. The zero-order chi connectivity index (χ0) is 16.4. The minimum Gasteiger partial charge on any atom is -0.458 e. The second-order valence-electron chi connectivity index (χ2n) is 6.16. The summed E-state index contributed by atoms with van der Waals surface area (Å²) >= 11 is 0. The quantitative estimate of drug-likeness (QED) is 0.460. The van der Waals surface area contributed by atoms with Crippen molar-refractivity contribution in [1.82, 2.24) is 0 Å². The largest absolute Gasteiger partial charge is 0.458 e. The summed E-state index contributed by atoms with van der Waals surface area (Å²) in [5.74, 6) is -0.180. The molecule has 0 fully saturated rings. The molecule has 0 bridgehead atoms. The van der Waals surface area contributed by atoms with Gasteiger partial charge in [0.1, 0.15) is 6.10 Å². The molecule has 0 heterocycles. The van der Waals surface area contributed by atoms with Gasteiger partial charge in [0, 0.05) is 0 Å². The average molecular weight is 306 g/mol. The second kappa shape index (κ2) is 6.41. The lowest BCUT2D eigenvalue weighted by Crippen LogP contribution is -2.16. The van der Waals surface area contributed by atoms with Crippen molar-refractivity contribution < 1.29 is 9.53 Å². The Morgan fingerprint density at radius 3 is 2.43 bits per heavy atom. The minimum atomic E-state index is -0.229. The van der Waals surface area contributed by atoms with Crippen LogP contribution in [0.15, 0.2) is 54.6 Å². The van der Waals surface area contributed by atoms with Crippen LogP contribution in [0, 0.1) is 5.92 Å². The van der Waals surface area contributed by atoms with E-state index in [0.717, 1.165) is 12.0 Å². The van der Waals surface area contributed by atoms with Crippen LogP contribution in [0.5, 0.6) is 0 Å². The zero-order valence-corrected chi connectivity index (χ0v) is 13.9. The molecule has 0 amide bonds. The number of hydrogen-bond donors (Lipinski definition) is 0. The summed E-state index contributed by atoms with van der Waals surface area (Å²) in [6, 6.07) is 19.0. The molecule has 23 heavy (non-hydrogen) atoms. The van der Waals surface area contributed by atoms with Crippen LogP contribution in [0.25, 0.3) is 21.5 Å². The Bertz CT molecular complexity index is 851. The fourth-order valence-corrected chi connectivity index (χ4v) is 2.81. The van der Waals surface area contributed by atoms with E-state index in [2.05, 4.69) is 54.6 Å². The first-order valence-corrected chi connectivity index (χ1v) is 8.22. The van der Waals surface area contributed by atoms with Crippen LogP contribution in [0.1, 0.15) is 38.9 Å². The number of carbonyl (C=O) groups excluding carboxylic acids is 1. The van der Waals surface area contributed by atoms with E-state index in [1.807, 2.05) is 20.8 Å². The molecule has 0 aliphatic rings. The van der Waals surface area contributed by atoms with Gasteiger partial charge in [-0.3, -0.25) is 4.79 Å². The number of ether oxygens (including phenoxy) is 1. The highest BCUT2D eigenvalue weighted by Gasteiger charge is 2.17. The Hall–Kier alpha value is -2.35. The van der Waals surface area contributed by atoms with Crippen LogP contribution < -0.4 is 0 Å². The first-order chi connectivity index (χ1) is 11.1. The summed E-state index contributed by atoms with van der Waals surface area (Å²) in [6.07, 6.45) is 0.572. The molecular formula is C21H22O2. The number of benzene rings is 3. The standard InChI is InChI=1S/C21H22O2/c1-4-14(2)21(22)23-15(3)17-11-12-20-18(13-17)10-9-16-7-5-6-8-19(16)20/h5-15H,4H2,1-3H3. The van der Waals surface area contributed by atoms with Crippen molar-refractivity contribution in [3.8, 4) is 0 Å². The van der Waals surface area contributed by atoms with Crippen LogP contribution in [-0.4, -0.2) is 5.97 Å². The molecule has 0 saturated heterocycles. The number of esters is 1. The summed E-state index contributed by atoms with van der Waals surface area (Å²) in [5, 5.41) is 4.89. The van der Waals surface area contributed by atoms with Crippen molar-refractivity contribution in [2.75, 3.05) is 0 Å². The number of fused-ring (bicyclic) bond motifs is 3.